The summed E-state index contributed by atoms with van der Waals surface area (Å²) in [5.41, 5.74) is 25.1. The molecule has 0 aromatic heterocycles. The molecule has 0 spiro atoms. The summed E-state index contributed by atoms with van der Waals surface area (Å²) in [5, 5.41) is 41.4. The van der Waals surface area contributed by atoms with E-state index in [0.29, 0.717) is 35.1 Å². The molecule has 46 heavy (non-hydrogen) atoms. The minimum Gasteiger partial charge on any atom is -0.508 e. The molecule has 0 radical (unpaired) electrons. The van der Waals surface area contributed by atoms with Gasteiger partial charge in [-0.15, -0.1) is 0 Å². The second-order valence-corrected chi connectivity index (χ2v) is 11.4. The molecule has 1 aliphatic rings. The Morgan fingerprint density at radius 2 is 1.48 bits per heavy atom. The molecular formula is C31H46N8O7. The first-order valence-electron chi connectivity index (χ1n) is 15.3. The molecular weight excluding hydrogens is 596 g/mol. The van der Waals surface area contributed by atoms with Crippen molar-refractivity contribution in [1.29, 1.82) is 0 Å². The van der Waals surface area contributed by atoms with Crippen LogP contribution in [0.3, 0.4) is 0 Å². The van der Waals surface area contributed by atoms with Crippen molar-refractivity contribution in [1.82, 2.24) is 21.3 Å². The van der Waals surface area contributed by atoms with Gasteiger partial charge in [-0.25, -0.2) is 0 Å². The van der Waals surface area contributed by atoms with Crippen molar-refractivity contribution in [2.75, 3.05) is 26.2 Å². The molecule has 0 unspecified atom stereocenters. The highest BCUT2D eigenvalue weighted by Gasteiger charge is 2.32. The lowest BCUT2D eigenvalue weighted by Crippen LogP contribution is -2.59. The van der Waals surface area contributed by atoms with Gasteiger partial charge in [-0.2, -0.15) is 0 Å². The maximum absolute atomic E-state index is 13.8. The molecule has 15 heteroatoms. The summed E-state index contributed by atoms with van der Waals surface area (Å²) >= 11 is 0. The second kappa shape index (κ2) is 17.4. The molecule has 0 saturated heterocycles. The Hall–Kier alpha value is -4.28. The maximum atomic E-state index is 13.8. The van der Waals surface area contributed by atoms with E-state index in [1.165, 1.54) is 12.1 Å². The topological polar surface area (TPSA) is 281 Å². The minimum absolute atomic E-state index is 0.0275. The normalized spacial score (nSPS) is 19.9. The summed E-state index contributed by atoms with van der Waals surface area (Å²) < 4.78 is 0. The number of nitrogens with two attached hydrogens (primary N) is 4. The average Bonchev–Trinajstić information content (AvgIpc) is 3.04. The number of aliphatic hydroxyl groups is 1. The van der Waals surface area contributed by atoms with Gasteiger partial charge in [-0.1, -0.05) is 12.1 Å². The highest BCUT2D eigenvalue weighted by Crippen LogP contribution is 2.31. The zero-order chi connectivity index (χ0) is 33.8. The van der Waals surface area contributed by atoms with Gasteiger partial charge in [-0.05, 0) is 85.3 Å². The van der Waals surface area contributed by atoms with Crippen molar-refractivity contribution in [2.45, 2.75) is 68.7 Å². The van der Waals surface area contributed by atoms with Gasteiger partial charge < -0.3 is 59.5 Å². The van der Waals surface area contributed by atoms with E-state index in [4.69, 9.17) is 22.9 Å². The van der Waals surface area contributed by atoms with Crippen molar-refractivity contribution in [3.63, 3.8) is 0 Å². The van der Waals surface area contributed by atoms with Crippen LogP contribution in [0.1, 0.15) is 36.8 Å². The van der Waals surface area contributed by atoms with Gasteiger partial charge in [0, 0.05) is 19.4 Å². The number of aliphatic hydroxyl groups excluding tert-OH is 1. The number of hydrogen-bond donors (Lipinski definition) is 11. The van der Waals surface area contributed by atoms with Crippen molar-refractivity contribution in [3.05, 3.63) is 47.5 Å². The molecule has 0 aliphatic carbocycles. The van der Waals surface area contributed by atoms with E-state index < -0.39 is 60.4 Å². The molecule has 4 amide bonds. The zero-order valence-electron chi connectivity index (χ0n) is 25.7. The van der Waals surface area contributed by atoms with E-state index in [9.17, 15) is 34.5 Å². The molecule has 1 aliphatic heterocycles. The average molecular weight is 643 g/mol. The Kier molecular flexibility index (Phi) is 13.7. The second-order valence-electron chi connectivity index (χ2n) is 11.4. The van der Waals surface area contributed by atoms with E-state index in [-0.39, 0.29) is 56.8 Å². The molecule has 4 bridgehead atoms. The van der Waals surface area contributed by atoms with Gasteiger partial charge in [-0.3, -0.25) is 19.2 Å². The molecule has 3 rings (SSSR count). The molecule has 2 aromatic rings. The van der Waals surface area contributed by atoms with Crippen LogP contribution in [0.25, 0.3) is 11.1 Å². The number of hydrogen-bond acceptors (Lipinski definition) is 11. The Bertz CT molecular complexity index is 1370. The largest absolute Gasteiger partial charge is 0.508 e. The molecule has 5 atom stereocenters. The lowest BCUT2D eigenvalue weighted by atomic mass is 9.95. The standard InChI is InChI=1S/C31H46N8O7/c32-9-1-3-23(29(44)36-21(15-34)16-40)38-31(46)25-14-20-12-18(6-8-27(20)42)17-5-7-26(41)19(11-17)13-22(35)28(43)37-24(4-2-10-33)30(45)39-25/h5-8,11-12,21-25,40-42H,1-4,9-10,13-16,32-35H2,(H,36,44)(H,37,43)(H,38,46)(H,39,45)/t21-,22-,23-,24-,25-/m0/s1. The number of carbonyl (C=O) groups excluding carboxylic acids is 4. The first-order valence-corrected chi connectivity index (χ1v) is 15.3. The maximum Gasteiger partial charge on any atom is 0.243 e. The summed E-state index contributed by atoms with van der Waals surface area (Å²) in [7, 11) is 0. The smallest absolute Gasteiger partial charge is 0.243 e. The van der Waals surface area contributed by atoms with Crippen molar-refractivity contribution >= 4 is 23.6 Å². The molecule has 1 heterocycles. The summed E-state index contributed by atoms with van der Waals surface area (Å²) in [6, 6.07) is 4.21. The van der Waals surface area contributed by atoms with Crippen LogP contribution in [0.5, 0.6) is 11.5 Å². The number of rotatable bonds is 12. The van der Waals surface area contributed by atoms with Crippen molar-refractivity contribution in [2.24, 2.45) is 22.9 Å². The van der Waals surface area contributed by atoms with Gasteiger partial charge in [0.25, 0.3) is 0 Å². The van der Waals surface area contributed by atoms with Crippen LogP contribution in [0.2, 0.25) is 0 Å². The number of benzene rings is 2. The number of fused-ring (bicyclic) bond motifs is 5. The Balaban J connectivity index is 2.05. The Morgan fingerprint density at radius 1 is 0.870 bits per heavy atom. The van der Waals surface area contributed by atoms with E-state index >= 15 is 0 Å². The third-order valence-electron chi connectivity index (χ3n) is 7.84. The molecule has 0 saturated carbocycles. The summed E-state index contributed by atoms with van der Waals surface area (Å²) in [6.07, 6.45) is 0.832. The monoisotopic (exact) mass is 642 g/mol. The number of phenolic OH excluding ortho intramolecular Hbond substituents is 2. The van der Waals surface area contributed by atoms with E-state index in [0.717, 1.165) is 0 Å². The lowest BCUT2D eigenvalue weighted by molar-refractivity contribution is -0.134. The van der Waals surface area contributed by atoms with E-state index in [1.807, 2.05) is 0 Å². The number of phenols is 2. The highest BCUT2D eigenvalue weighted by molar-refractivity contribution is 5.95. The van der Waals surface area contributed by atoms with Gasteiger partial charge in [0.15, 0.2) is 0 Å². The van der Waals surface area contributed by atoms with E-state index in [1.54, 1.807) is 24.3 Å². The zero-order valence-corrected chi connectivity index (χ0v) is 25.7. The fourth-order valence-corrected chi connectivity index (χ4v) is 5.10. The first kappa shape index (κ1) is 36.2. The van der Waals surface area contributed by atoms with Crippen LogP contribution in [0.4, 0.5) is 0 Å². The Morgan fingerprint density at radius 3 is 2.04 bits per heavy atom. The fraction of sp³-hybridized carbons (Fsp3) is 0.484. The molecule has 0 fully saturated rings. The van der Waals surface area contributed by atoms with Crippen LogP contribution in [0, 0.1) is 0 Å². The number of carbonyl (C=O) groups is 4. The summed E-state index contributed by atoms with van der Waals surface area (Å²) in [5.74, 6) is -2.87. The van der Waals surface area contributed by atoms with Crippen LogP contribution in [-0.4, -0.2) is 95.4 Å². The lowest BCUT2D eigenvalue weighted by Gasteiger charge is -2.27. The van der Waals surface area contributed by atoms with Crippen LogP contribution >= 0.6 is 0 Å². The highest BCUT2D eigenvalue weighted by atomic mass is 16.3. The number of nitrogens with one attached hydrogen (secondary N) is 4. The quantitative estimate of drug-likeness (QED) is 0.116. The number of aromatic hydroxyl groups is 2. The van der Waals surface area contributed by atoms with Gasteiger partial charge in [0.05, 0.1) is 18.7 Å². The molecule has 15 nitrogen and oxygen atoms in total. The van der Waals surface area contributed by atoms with Gasteiger partial charge >= 0.3 is 0 Å². The SMILES string of the molecule is NCCC[C@H](NC(=O)[C@@H]1Cc2cc(ccc2O)-c2ccc(O)c(c2)C[C@H](N)C(=O)N[C@@H](CCCN)C(=O)N1)C(=O)N[C@@H](CN)CO. The fourth-order valence-electron chi connectivity index (χ4n) is 5.10. The predicted molar refractivity (Wildman–Crippen MR) is 171 cm³/mol. The van der Waals surface area contributed by atoms with E-state index in [2.05, 4.69) is 21.3 Å². The minimum atomic E-state index is -1.31. The Labute approximate surface area is 267 Å². The van der Waals surface area contributed by atoms with Gasteiger partial charge in [0.2, 0.25) is 23.6 Å². The predicted octanol–water partition coefficient (Wildman–Crippen LogP) is -2.44. The third kappa shape index (κ3) is 9.86. The summed E-state index contributed by atoms with van der Waals surface area (Å²) in [6.45, 7) is 0.0311. The van der Waals surface area contributed by atoms with Gasteiger partial charge in [0.1, 0.15) is 29.6 Å². The van der Waals surface area contributed by atoms with Crippen LogP contribution < -0.4 is 44.2 Å². The summed E-state index contributed by atoms with van der Waals surface area (Å²) in [4.78, 5) is 53.6. The van der Waals surface area contributed by atoms with Crippen LogP contribution in [0.15, 0.2) is 36.4 Å². The molecule has 252 valence electrons. The molecule has 15 N–H and O–H groups in total. The van der Waals surface area contributed by atoms with Crippen LogP contribution in [-0.2, 0) is 32.0 Å². The third-order valence-corrected chi connectivity index (χ3v) is 7.84. The van der Waals surface area contributed by atoms with Crippen molar-refractivity contribution < 1.29 is 34.5 Å². The number of amides is 4. The first-order chi connectivity index (χ1) is 22.0. The molecule has 2 aromatic carbocycles. The van der Waals surface area contributed by atoms with Crippen molar-refractivity contribution in [3.8, 4) is 22.6 Å².